The number of nitrogens with two attached hydrogens (primary N) is 1. The third-order valence-electron chi connectivity index (χ3n) is 3.00. The lowest BCUT2D eigenvalue weighted by Crippen LogP contribution is -2.20. The number of carbonyl (C=O) groups is 1. The second-order valence-electron chi connectivity index (χ2n) is 5.43. The summed E-state index contributed by atoms with van der Waals surface area (Å²) >= 11 is 0. The summed E-state index contributed by atoms with van der Waals surface area (Å²) in [5.41, 5.74) is 5.84. The summed E-state index contributed by atoms with van der Waals surface area (Å²) in [4.78, 5) is 12.1. The summed E-state index contributed by atoms with van der Waals surface area (Å²) < 4.78 is 40.3. The first kappa shape index (κ1) is 17.5. The van der Waals surface area contributed by atoms with E-state index in [1.807, 2.05) is 13.8 Å². The maximum absolute atomic E-state index is 12.2. The number of alkyl halides is 3. The summed E-state index contributed by atoms with van der Waals surface area (Å²) in [6, 6.07) is 5.13. The zero-order chi connectivity index (χ0) is 16.0. The van der Waals surface area contributed by atoms with Gasteiger partial charge in [-0.3, -0.25) is 4.79 Å². The first-order valence-electron chi connectivity index (χ1n) is 6.80. The molecule has 0 amide bonds. The highest BCUT2D eigenvalue weighted by molar-refractivity contribution is 5.96. The lowest BCUT2D eigenvalue weighted by Gasteiger charge is -2.16. The van der Waals surface area contributed by atoms with Gasteiger partial charge in [0.15, 0.2) is 5.78 Å². The van der Waals surface area contributed by atoms with Gasteiger partial charge in [-0.15, -0.1) is 13.2 Å². The van der Waals surface area contributed by atoms with E-state index in [9.17, 15) is 18.0 Å². The van der Waals surface area contributed by atoms with Crippen LogP contribution >= 0.6 is 0 Å². The van der Waals surface area contributed by atoms with Crippen LogP contribution in [0.15, 0.2) is 24.3 Å². The van der Waals surface area contributed by atoms with Crippen LogP contribution in [0, 0.1) is 11.8 Å². The second kappa shape index (κ2) is 7.45. The molecule has 2 N–H and O–H groups in total. The largest absolute Gasteiger partial charge is 0.573 e. The van der Waals surface area contributed by atoms with Crippen molar-refractivity contribution < 1.29 is 22.7 Å². The standard InChI is InChI=1S/C15H20F3NO2/c1-10(2)6-11(9-19)7-14(20)12-4-3-5-13(8-12)21-15(16,17)18/h3-5,8,10-11H,6-7,9,19H2,1-2H3. The van der Waals surface area contributed by atoms with Gasteiger partial charge in [-0.2, -0.15) is 0 Å². The SMILES string of the molecule is CC(C)CC(CN)CC(=O)c1cccc(OC(F)(F)F)c1. The fourth-order valence-electron chi connectivity index (χ4n) is 2.18. The molecule has 21 heavy (non-hydrogen) atoms. The van der Waals surface area contributed by atoms with Crippen LogP contribution in [0.2, 0.25) is 0 Å². The van der Waals surface area contributed by atoms with Crippen molar-refractivity contribution in [1.29, 1.82) is 0 Å². The van der Waals surface area contributed by atoms with Gasteiger partial charge in [0.2, 0.25) is 0 Å². The molecular weight excluding hydrogens is 283 g/mol. The van der Waals surface area contributed by atoms with Crippen molar-refractivity contribution in [3.8, 4) is 5.75 Å². The van der Waals surface area contributed by atoms with Crippen molar-refractivity contribution in [3.05, 3.63) is 29.8 Å². The highest BCUT2D eigenvalue weighted by Crippen LogP contribution is 2.24. The minimum absolute atomic E-state index is 0.0321. The highest BCUT2D eigenvalue weighted by Gasteiger charge is 2.31. The molecule has 0 aliphatic carbocycles. The number of carbonyl (C=O) groups excluding carboxylic acids is 1. The third kappa shape index (κ3) is 6.62. The van der Waals surface area contributed by atoms with Crippen LogP contribution in [0.1, 0.15) is 37.0 Å². The molecule has 1 atom stereocenters. The molecule has 1 aromatic rings. The molecule has 0 aromatic heterocycles. The molecule has 6 heteroatoms. The zero-order valence-corrected chi connectivity index (χ0v) is 12.1. The molecule has 118 valence electrons. The smallest absolute Gasteiger partial charge is 0.406 e. The van der Waals surface area contributed by atoms with Gasteiger partial charge in [0.05, 0.1) is 0 Å². The van der Waals surface area contributed by atoms with Gasteiger partial charge in [0, 0.05) is 12.0 Å². The summed E-state index contributed by atoms with van der Waals surface area (Å²) in [5.74, 6) is -0.170. The van der Waals surface area contributed by atoms with E-state index in [0.29, 0.717) is 12.5 Å². The molecule has 0 heterocycles. The van der Waals surface area contributed by atoms with Gasteiger partial charge in [-0.25, -0.2) is 0 Å². The third-order valence-corrected chi connectivity index (χ3v) is 3.00. The van der Waals surface area contributed by atoms with E-state index in [4.69, 9.17) is 5.73 Å². The van der Waals surface area contributed by atoms with E-state index in [1.165, 1.54) is 18.2 Å². The van der Waals surface area contributed by atoms with Crippen molar-refractivity contribution >= 4 is 5.78 Å². The Morgan fingerprint density at radius 2 is 2.00 bits per heavy atom. The lowest BCUT2D eigenvalue weighted by molar-refractivity contribution is -0.274. The molecular formula is C15H20F3NO2. The molecule has 0 bridgehead atoms. The normalized spacial score (nSPS) is 13.3. The van der Waals surface area contributed by atoms with Crippen LogP contribution in [0.5, 0.6) is 5.75 Å². The quantitative estimate of drug-likeness (QED) is 0.780. The Hall–Kier alpha value is -1.56. The predicted molar refractivity (Wildman–Crippen MR) is 74.1 cm³/mol. The molecule has 0 spiro atoms. The Kier molecular flexibility index (Phi) is 6.20. The number of rotatable bonds is 7. The van der Waals surface area contributed by atoms with Crippen LogP contribution in [0.25, 0.3) is 0 Å². The van der Waals surface area contributed by atoms with E-state index < -0.39 is 6.36 Å². The Morgan fingerprint density at radius 1 is 1.33 bits per heavy atom. The number of ether oxygens (including phenoxy) is 1. The maximum atomic E-state index is 12.2. The first-order chi connectivity index (χ1) is 9.71. The Balaban J connectivity index is 2.76. The van der Waals surface area contributed by atoms with Crippen molar-refractivity contribution in [2.24, 2.45) is 17.6 Å². The minimum atomic E-state index is -4.76. The fraction of sp³-hybridized carbons (Fsp3) is 0.533. The van der Waals surface area contributed by atoms with Gasteiger partial charge < -0.3 is 10.5 Å². The molecule has 1 rings (SSSR count). The topological polar surface area (TPSA) is 52.3 Å². The monoisotopic (exact) mass is 303 g/mol. The summed E-state index contributed by atoms with van der Waals surface area (Å²) in [6.45, 7) is 4.44. The van der Waals surface area contributed by atoms with Crippen LogP contribution in [0.4, 0.5) is 13.2 Å². The number of hydrogen-bond acceptors (Lipinski definition) is 3. The Morgan fingerprint density at radius 3 is 2.52 bits per heavy atom. The molecule has 0 aliphatic rings. The van der Waals surface area contributed by atoms with Gasteiger partial charge in [0.1, 0.15) is 5.75 Å². The molecule has 0 radical (unpaired) electrons. The average molecular weight is 303 g/mol. The maximum Gasteiger partial charge on any atom is 0.573 e. The molecule has 1 unspecified atom stereocenters. The second-order valence-corrected chi connectivity index (χ2v) is 5.43. The molecule has 1 aromatic carbocycles. The fourth-order valence-corrected chi connectivity index (χ4v) is 2.18. The van der Waals surface area contributed by atoms with Gasteiger partial charge in [-0.05, 0) is 36.9 Å². The summed E-state index contributed by atoms with van der Waals surface area (Å²) in [5, 5.41) is 0. The summed E-state index contributed by atoms with van der Waals surface area (Å²) in [7, 11) is 0. The van der Waals surface area contributed by atoms with Crippen LogP contribution in [-0.2, 0) is 0 Å². The summed E-state index contributed by atoms with van der Waals surface area (Å²) in [6.07, 6.45) is -3.73. The van der Waals surface area contributed by atoms with Crippen LogP contribution in [-0.4, -0.2) is 18.7 Å². The molecule has 0 fully saturated rings. The number of ketones is 1. The molecule has 0 aliphatic heterocycles. The van der Waals surface area contributed by atoms with E-state index in [-0.39, 0.29) is 29.4 Å². The van der Waals surface area contributed by atoms with Gasteiger partial charge in [-0.1, -0.05) is 26.0 Å². The van der Waals surface area contributed by atoms with E-state index >= 15 is 0 Å². The number of Topliss-reactive ketones (excluding diaryl/α,β-unsaturated/α-hetero) is 1. The Labute approximate surface area is 122 Å². The van der Waals surface area contributed by atoms with Gasteiger partial charge >= 0.3 is 6.36 Å². The van der Waals surface area contributed by atoms with E-state index in [1.54, 1.807) is 0 Å². The van der Waals surface area contributed by atoms with Crippen LogP contribution < -0.4 is 10.5 Å². The van der Waals surface area contributed by atoms with E-state index in [0.717, 1.165) is 12.5 Å². The van der Waals surface area contributed by atoms with Crippen molar-refractivity contribution in [2.75, 3.05) is 6.54 Å². The predicted octanol–water partition coefficient (Wildman–Crippen LogP) is 3.78. The minimum Gasteiger partial charge on any atom is -0.406 e. The highest BCUT2D eigenvalue weighted by atomic mass is 19.4. The Bertz CT molecular complexity index is 472. The van der Waals surface area contributed by atoms with Crippen molar-refractivity contribution in [3.63, 3.8) is 0 Å². The number of hydrogen-bond donors (Lipinski definition) is 1. The van der Waals surface area contributed by atoms with E-state index in [2.05, 4.69) is 4.74 Å². The number of benzene rings is 1. The van der Waals surface area contributed by atoms with Gasteiger partial charge in [0.25, 0.3) is 0 Å². The number of halogens is 3. The van der Waals surface area contributed by atoms with Crippen molar-refractivity contribution in [2.45, 2.75) is 33.1 Å². The zero-order valence-electron chi connectivity index (χ0n) is 12.1. The van der Waals surface area contributed by atoms with Crippen LogP contribution in [0.3, 0.4) is 0 Å². The average Bonchev–Trinajstić information content (AvgIpc) is 2.35. The lowest BCUT2D eigenvalue weighted by atomic mass is 9.91. The molecule has 0 saturated carbocycles. The molecule has 3 nitrogen and oxygen atoms in total. The molecule has 0 saturated heterocycles. The van der Waals surface area contributed by atoms with Crippen molar-refractivity contribution in [1.82, 2.24) is 0 Å². The first-order valence-corrected chi connectivity index (χ1v) is 6.80.